The summed E-state index contributed by atoms with van der Waals surface area (Å²) in [5.74, 6) is 0.401. The first-order valence-electron chi connectivity index (χ1n) is 8.42. The number of hydrogen-bond donors (Lipinski definition) is 1. The maximum absolute atomic E-state index is 11.7. The number of nitrogens with zero attached hydrogens (tertiary/aromatic N) is 3. The number of hydrogen-bond acceptors (Lipinski definition) is 4. The van der Waals surface area contributed by atoms with Crippen LogP contribution in [0.3, 0.4) is 0 Å². The van der Waals surface area contributed by atoms with Gasteiger partial charge in [-0.2, -0.15) is 5.10 Å². The van der Waals surface area contributed by atoms with Crippen molar-refractivity contribution in [3.8, 4) is 22.7 Å². The van der Waals surface area contributed by atoms with Gasteiger partial charge in [0, 0.05) is 60.0 Å². The topological polar surface area (TPSA) is 99.1 Å². The Labute approximate surface area is 196 Å². The van der Waals surface area contributed by atoms with Gasteiger partial charge >= 0.3 is 0 Å². The van der Waals surface area contributed by atoms with Crippen molar-refractivity contribution in [2.24, 2.45) is 0 Å². The normalized spacial score (nSPS) is 9.93. The molecule has 1 amide bonds. The monoisotopic (exact) mass is 426 g/mol. The van der Waals surface area contributed by atoms with Gasteiger partial charge in [0.05, 0.1) is 24.2 Å². The van der Waals surface area contributed by atoms with E-state index in [1.807, 2.05) is 59.3 Å². The summed E-state index contributed by atoms with van der Waals surface area (Å²) >= 11 is 6.01. The van der Waals surface area contributed by atoms with Crippen LogP contribution in [0.25, 0.3) is 16.9 Å². The Morgan fingerprint density at radius 1 is 1.17 bits per heavy atom. The number of halogens is 1. The second kappa shape index (κ2) is 11.3. The van der Waals surface area contributed by atoms with Crippen LogP contribution >= 0.6 is 11.6 Å². The molecule has 29 heavy (non-hydrogen) atoms. The number of rotatable bonds is 6. The zero-order valence-corrected chi connectivity index (χ0v) is 19.3. The standard InChI is InChI=1S/C20H20ClN3O3.Na.H2O/c1-23(26)20(25)12-7-16-13-19(14-3-5-15(21)6-4-14)24(22-16)17-8-10-18(27-2)11-9-17;;/h3-6,8-11,13,26H,7,12H2,1-2H3;;1H2. The number of carbonyl (C=O) groups is 1. The van der Waals surface area contributed by atoms with Crippen molar-refractivity contribution in [3.63, 3.8) is 0 Å². The van der Waals surface area contributed by atoms with Crippen LogP contribution in [-0.2, 0) is 11.2 Å². The first kappa shape index (κ1) is 25.2. The molecule has 2 aromatic carbocycles. The van der Waals surface area contributed by atoms with Crippen molar-refractivity contribution in [1.82, 2.24) is 14.8 Å². The van der Waals surface area contributed by atoms with Crippen LogP contribution in [0.15, 0.2) is 54.6 Å². The van der Waals surface area contributed by atoms with Crippen molar-refractivity contribution < 1.29 is 20.2 Å². The smallest absolute Gasteiger partial charge is 0.246 e. The van der Waals surface area contributed by atoms with Gasteiger partial charge in [-0.05, 0) is 42.5 Å². The third-order valence-corrected chi connectivity index (χ3v) is 4.42. The minimum Gasteiger partial charge on any atom is -0.497 e. The average molecular weight is 427 g/mol. The van der Waals surface area contributed by atoms with Gasteiger partial charge in [0.25, 0.3) is 0 Å². The van der Waals surface area contributed by atoms with Gasteiger partial charge in [-0.15, -0.1) is 0 Å². The minimum atomic E-state index is -0.359. The summed E-state index contributed by atoms with van der Waals surface area (Å²) in [6.45, 7) is 0. The molecule has 1 aromatic heterocycles. The predicted octanol–water partition coefficient (Wildman–Crippen LogP) is 2.78. The number of ether oxygens (including phenoxy) is 1. The van der Waals surface area contributed by atoms with Crippen LogP contribution in [0.4, 0.5) is 0 Å². The molecule has 9 heteroatoms. The van der Waals surface area contributed by atoms with Gasteiger partial charge in [0.2, 0.25) is 5.91 Å². The Morgan fingerprint density at radius 3 is 2.34 bits per heavy atom. The van der Waals surface area contributed by atoms with Crippen LogP contribution in [0.1, 0.15) is 12.1 Å². The molecule has 0 aliphatic heterocycles. The number of carbonyl (C=O) groups excluding carboxylic acids is 1. The fourth-order valence-electron chi connectivity index (χ4n) is 2.70. The molecule has 3 rings (SSSR count). The molecule has 1 radical (unpaired) electrons. The van der Waals surface area contributed by atoms with Gasteiger partial charge in [-0.1, -0.05) is 23.7 Å². The first-order chi connectivity index (χ1) is 13.0. The number of aromatic nitrogens is 2. The van der Waals surface area contributed by atoms with Gasteiger partial charge < -0.3 is 10.2 Å². The Kier molecular flexibility index (Phi) is 9.85. The summed E-state index contributed by atoms with van der Waals surface area (Å²) in [4.78, 5) is 11.7. The molecule has 3 aromatic rings. The number of benzene rings is 2. The van der Waals surface area contributed by atoms with E-state index < -0.39 is 0 Å². The van der Waals surface area contributed by atoms with Gasteiger partial charge in [0.1, 0.15) is 5.75 Å². The summed E-state index contributed by atoms with van der Waals surface area (Å²) in [5, 5.41) is 15.1. The molecule has 0 bridgehead atoms. The molecule has 0 atom stereocenters. The molecule has 0 spiro atoms. The quantitative estimate of drug-likeness (QED) is 0.372. The van der Waals surface area contributed by atoms with E-state index >= 15 is 0 Å². The molecule has 0 unspecified atom stereocenters. The molecule has 7 nitrogen and oxygen atoms in total. The number of amides is 1. The van der Waals surface area contributed by atoms with Crippen LogP contribution < -0.4 is 4.74 Å². The summed E-state index contributed by atoms with van der Waals surface area (Å²) < 4.78 is 7.04. The Morgan fingerprint density at radius 2 is 1.79 bits per heavy atom. The predicted molar refractivity (Wildman–Crippen MR) is 113 cm³/mol. The third kappa shape index (κ3) is 6.30. The van der Waals surface area contributed by atoms with Crippen molar-refractivity contribution in [1.29, 1.82) is 0 Å². The molecule has 0 saturated carbocycles. The van der Waals surface area contributed by atoms with E-state index in [2.05, 4.69) is 5.10 Å². The van der Waals surface area contributed by atoms with Crippen LogP contribution in [0.5, 0.6) is 5.75 Å². The zero-order chi connectivity index (χ0) is 19.4. The number of hydroxylamine groups is 2. The summed E-state index contributed by atoms with van der Waals surface area (Å²) in [7, 11) is 2.94. The van der Waals surface area contributed by atoms with E-state index in [0.717, 1.165) is 28.4 Å². The first-order valence-corrected chi connectivity index (χ1v) is 8.80. The fourth-order valence-corrected chi connectivity index (χ4v) is 2.82. The van der Waals surface area contributed by atoms with Gasteiger partial charge in [-0.3, -0.25) is 10.0 Å². The molecule has 1 heterocycles. The number of aryl methyl sites for hydroxylation is 1. The maximum atomic E-state index is 11.7. The van der Waals surface area contributed by atoms with E-state index in [0.29, 0.717) is 16.5 Å². The largest absolute Gasteiger partial charge is 0.497 e. The van der Waals surface area contributed by atoms with Crippen molar-refractivity contribution in [2.45, 2.75) is 12.8 Å². The van der Waals surface area contributed by atoms with Gasteiger partial charge in [-0.25, -0.2) is 9.75 Å². The molecule has 0 saturated heterocycles. The van der Waals surface area contributed by atoms with Crippen molar-refractivity contribution in [2.75, 3.05) is 14.2 Å². The average Bonchev–Trinajstić information content (AvgIpc) is 3.11. The van der Waals surface area contributed by atoms with Crippen molar-refractivity contribution in [3.05, 3.63) is 65.3 Å². The second-order valence-corrected chi connectivity index (χ2v) is 6.49. The summed E-state index contributed by atoms with van der Waals surface area (Å²) in [6.07, 6.45) is 0.597. The zero-order valence-electron chi connectivity index (χ0n) is 16.6. The van der Waals surface area contributed by atoms with E-state index in [-0.39, 0.29) is 47.4 Å². The molecule has 3 N–H and O–H groups in total. The van der Waals surface area contributed by atoms with Gasteiger partial charge in [0.15, 0.2) is 0 Å². The fraction of sp³-hybridized carbons (Fsp3) is 0.200. The van der Waals surface area contributed by atoms with E-state index in [9.17, 15) is 10.0 Å². The van der Waals surface area contributed by atoms with Crippen LogP contribution in [0, 0.1) is 0 Å². The Bertz CT molecular complexity index is 928. The molecular formula is C20H22ClN3NaO4. The third-order valence-electron chi connectivity index (χ3n) is 4.17. The van der Waals surface area contributed by atoms with E-state index in [4.69, 9.17) is 16.3 Å². The maximum Gasteiger partial charge on any atom is 0.246 e. The molecule has 0 aliphatic rings. The Balaban J connectivity index is 0.00000210. The SMILES string of the molecule is COc1ccc(-n2nc(CCC(=O)N(C)O)cc2-c2ccc(Cl)cc2)cc1.O.[Na]. The molecule has 149 valence electrons. The van der Waals surface area contributed by atoms with Crippen LogP contribution in [-0.4, -0.2) is 75.1 Å². The molecule has 0 aliphatic carbocycles. The van der Waals surface area contributed by atoms with E-state index in [1.54, 1.807) is 7.11 Å². The minimum absolute atomic E-state index is 0. The van der Waals surface area contributed by atoms with Crippen LogP contribution in [0.2, 0.25) is 5.02 Å². The molecule has 0 fully saturated rings. The number of methoxy groups -OCH3 is 1. The second-order valence-electron chi connectivity index (χ2n) is 6.05. The van der Waals surface area contributed by atoms with Crippen molar-refractivity contribution >= 4 is 47.1 Å². The summed E-state index contributed by atoms with van der Waals surface area (Å²) in [5.41, 5.74) is 3.47. The Hall–Kier alpha value is -1.87. The molecular weight excluding hydrogens is 405 g/mol. The summed E-state index contributed by atoms with van der Waals surface area (Å²) in [6, 6.07) is 17.0. The van der Waals surface area contributed by atoms with E-state index in [1.165, 1.54) is 7.05 Å².